The molecule has 0 heterocycles. The van der Waals surface area contributed by atoms with E-state index in [0.717, 1.165) is 6.42 Å². The van der Waals surface area contributed by atoms with Crippen LogP contribution in [0.15, 0.2) is 60.8 Å². The predicted molar refractivity (Wildman–Crippen MR) is 122 cm³/mol. The first-order valence-electron chi connectivity index (χ1n) is 11.0. The molecule has 0 spiro atoms. The molecule has 1 unspecified atom stereocenters. The zero-order valence-corrected chi connectivity index (χ0v) is 18.0. The molecule has 0 aromatic rings. The van der Waals surface area contributed by atoms with Gasteiger partial charge in [0.2, 0.25) is 0 Å². The van der Waals surface area contributed by atoms with E-state index in [2.05, 4.69) is 19.1 Å². The number of ether oxygens (including phenoxy) is 1. The Morgan fingerprint density at radius 1 is 0.793 bits per heavy atom. The summed E-state index contributed by atoms with van der Waals surface area (Å²) < 4.78 is 4.73. The van der Waals surface area contributed by atoms with Gasteiger partial charge in [-0.25, -0.2) is 4.79 Å². The lowest BCUT2D eigenvalue weighted by Gasteiger charge is -2.05. The molecular formula is C25H40O4. The van der Waals surface area contributed by atoms with Crippen LogP contribution >= 0.6 is 0 Å². The SMILES string of the molecule is CCCCCCCCCCC/C=C/C=C/C=C/C=C/C=C/C(=O)OCC(O)CO. The van der Waals surface area contributed by atoms with Crippen molar-refractivity contribution in [1.82, 2.24) is 0 Å². The molecule has 0 aliphatic carbocycles. The van der Waals surface area contributed by atoms with Gasteiger partial charge in [-0.1, -0.05) is 113 Å². The first-order chi connectivity index (χ1) is 14.2. The van der Waals surface area contributed by atoms with Gasteiger partial charge < -0.3 is 14.9 Å². The van der Waals surface area contributed by atoms with Crippen molar-refractivity contribution < 1.29 is 19.7 Å². The number of unbranched alkanes of at least 4 members (excludes halogenated alkanes) is 9. The normalized spacial score (nSPS) is 13.6. The van der Waals surface area contributed by atoms with Crippen LogP contribution in [-0.2, 0) is 9.53 Å². The maximum Gasteiger partial charge on any atom is 0.330 e. The molecule has 0 aromatic heterocycles. The maximum atomic E-state index is 11.3. The molecule has 0 aliphatic rings. The lowest BCUT2D eigenvalue weighted by atomic mass is 10.1. The zero-order chi connectivity index (χ0) is 21.4. The lowest BCUT2D eigenvalue weighted by Crippen LogP contribution is -2.21. The van der Waals surface area contributed by atoms with Crippen LogP contribution in [0.5, 0.6) is 0 Å². The molecule has 0 fully saturated rings. The average Bonchev–Trinajstić information content (AvgIpc) is 2.73. The second-order valence-corrected chi connectivity index (χ2v) is 7.03. The first-order valence-corrected chi connectivity index (χ1v) is 11.0. The molecule has 0 saturated carbocycles. The standard InChI is InChI=1S/C25H40O4/c1-2-3-4-5-6-7-8-9-10-11-12-13-14-15-16-17-18-19-20-21-25(28)29-23-24(27)22-26/h12-21,24,26-27H,2-11,22-23H2,1H3/b13-12+,15-14+,17-16+,19-18+,21-20+. The third-order valence-electron chi connectivity index (χ3n) is 4.25. The second kappa shape index (κ2) is 22.4. The highest BCUT2D eigenvalue weighted by Gasteiger charge is 2.03. The Balaban J connectivity index is 3.61. The summed E-state index contributed by atoms with van der Waals surface area (Å²) in [6.07, 6.45) is 30.8. The van der Waals surface area contributed by atoms with Crippen molar-refractivity contribution in [2.75, 3.05) is 13.2 Å². The van der Waals surface area contributed by atoms with E-state index in [4.69, 9.17) is 14.9 Å². The molecule has 0 rings (SSSR count). The Bertz CT molecular complexity index is 515. The van der Waals surface area contributed by atoms with E-state index in [1.165, 1.54) is 63.9 Å². The van der Waals surface area contributed by atoms with Gasteiger partial charge in [0.25, 0.3) is 0 Å². The first kappa shape index (κ1) is 27.1. The van der Waals surface area contributed by atoms with Gasteiger partial charge in [0.1, 0.15) is 12.7 Å². The second-order valence-electron chi connectivity index (χ2n) is 7.03. The summed E-state index contributed by atoms with van der Waals surface area (Å²) in [5.74, 6) is -0.553. The van der Waals surface area contributed by atoms with Gasteiger partial charge in [-0.15, -0.1) is 0 Å². The van der Waals surface area contributed by atoms with Gasteiger partial charge in [-0.2, -0.15) is 0 Å². The monoisotopic (exact) mass is 404 g/mol. The Morgan fingerprint density at radius 3 is 1.90 bits per heavy atom. The Labute approximate surface area is 177 Å². The van der Waals surface area contributed by atoms with E-state index in [9.17, 15) is 4.79 Å². The van der Waals surface area contributed by atoms with Crippen LogP contribution < -0.4 is 0 Å². The largest absolute Gasteiger partial charge is 0.460 e. The van der Waals surface area contributed by atoms with Crippen LogP contribution in [0.2, 0.25) is 0 Å². The molecule has 0 amide bonds. The highest BCUT2D eigenvalue weighted by Crippen LogP contribution is 2.10. The van der Waals surface area contributed by atoms with Crippen LogP contribution in [0.25, 0.3) is 0 Å². The number of hydrogen-bond donors (Lipinski definition) is 2. The molecule has 0 aromatic carbocycles. The Hall–Kier alpha value is -1.91. The van der Waals surface area contributed by atoms with Crippen molar-refractivity contribution in [3.05, 3.63) is 60.8 Å². The predicted octanol–water partition coefficient (Wildman–Crippen LogP) is 5.58. The van der Waals surface area contributed by atoms with E-state index in [0.29, 0.717) is 0 Å². The topological polar surface area (TPSA) is 66.8 Å². The van der Waals surface area contributed by atoms with E-state index < -0.39 is 18.7 Å². The molecule has 29 heavy (non-hydrogen) atoms. The molecule has 1 atom stereocenters. The van der Waals surface area contributed by atoms with Crippen molar-refractivity contribution >= 4 is 5.97 Å². The number of aliphatic hydroxyl groups is 2. The maximum absolute atomic E-state index is 11.3. The molecule has 0 aliphatic heterocycles. The van der Waals surface area contributed by atoms with Crippen molar-refractivity contribution in [1.29, 1.82) is 0 Å². The minimum Gasteiger partial charge on any atom is -0.460 e. The van der Waals surface area contributed by atoms with Crippen LogP contribution in [0.3, 0.4) is 0 Å². The summed E-state index contributed by atoms with van der Waals surface area (Å²) in [5, 5.41) is 17.7. The van der Waals surface area contributed by atoms with Gasteiger partial charge >= 0.3 is 5.97 Å². The van der Waals surface area contributed by atoms with Gasteiger partial charge in [0.05, 0.1) is 6.61 Å². The third kappa shape index (κ3) is 22.2. The van der Waals surface area contributed by atoms with Crippen LogP contribution in [0, 0.1) is 0 Å². The summed E-state index contributed by atoms with van der Waals surface area (Å²) in [6, 6.07) is 0. The van der Waals surface area contributed by atoms with E-state index in [1.807, 2.05) is 30.4 Å². The molecule has 2 N–H and O–H groups in total. The van der Waals surface area contributed by atoms with Crippen LogP contribution in [-0.4, -0.2) is 35.5 Å². The number of aliphatic hydroxyl groups excluding tert-OH is 2. The number of carbonyl (C=O) groups excluding carboxylic acids is 1. The van der Waals surface area contributed by atoms with Crippen molar-refractivity contribution in [3.8, 4) is 0 Å². The third-order valence-corrected chi connectivity index (χ3v) is 4.25. The lowest BCUT2D eigenvalue weighted by molar-refractivity contribution is -0.141. The summed E-state index contributed by atoms with van der Waals surface area (Å²) >= 11 is 0. The Morgan fingerprint density at radius 2 is 1.31 bits per heavy atom. The van der Waals surface area contributed by atoms with Crippen molar-refractivity contribution in [2.24, 2.45) is 0 Å². The summed E-state index contributed by atoms with van der Waals surface area (Å²) in [7, 11) is 0. The number of allylic oxidation sites excluding steroid dienone is 9. The van der Waals surface area contributed by atoms with Gasteiger partial charge in [-0.05, 0) is 12.8 Å². The highest BCUT2D eigenvalue weighted by molar-refractivity contribution is 5.82. The molecule has 0 radical (unpaired) electrons. The fourth-order valence-electron chi connectivity index (χ4n) is 2.55. The van der Waals surface area contributed by atoms with Crippen molar-refractivity contribution in [2.45, 2.75) is 77.2 Å². The van der Waals surface area contributed by atoms with Crippen LogP contribution in [0.4, 0.5) is 0 Å². The van der Waals surface area contributed by atoms with E-state index in [-0.39, 0.29) is 6.61 Å². The van der Waals surface area contributed by atoms with E-state index >= 15 is 0 Å². The number of rotatable bonds is 18. The molecule has 164 valence electrons. The highest BCUT2D eigenvalue weighted by atomic mass is 16.5. The number of hydrogen-bond acceptors (Lipinski definition) is 4. The average molecular weight is 405 g/mol. The van der Waals surface area contributed by atoms with Crippen LogP contribution in [0.1, 0.15) is 71.1 Å². The minimum absolute atomic E-state index is 0.208. The fourth-order valence-corrected chi connectivity index (χ4v) is 2.55. The quantitative estimate of drug-likeness (QED) is 0.135. The zero-order valence-electron chi connectivity index (χ0n) is 18.0. The molecule has 4 heteroatoms. The van der Waals surface area contributed by atoms with E-state index in [1.54, 1.807) is 12.2 Å². The molecule has 4 nitrogen and oxygen atoms in total. The smallest absolute Gasteiger partial charge is 0.330 e. The fraction of sp³-hybridized carbons (Fsp3) is 0.560. The van der Waals surface area contributed by atoms with Crippen molar-refractivity contribution in [3.63, 3.8) is 0 Å². The minimum atomic E-state index is -1.03. The van der Waals surface area contributed by atoms with Gasteiger partial charge in [-0.3, -0.25) is 0 Å². The van der Waals surface area contributed by atoms with Gasteiger partial charge in [0.15, 0.2) is 0 Å². The van der Waals surface area contributed by atoms with Gasteiger partial charge in [0, 0.05) is 6.08 Å². The molecule has 0 saturated heterocycles. The molecular weight excluding hydrogens is 364 g/mol. The summed E-state index contributed by atoms with van der Waals surface area (Å²) in [4.78, 5) is 11.3. The summed E-state index contributed by atoms with van der Waals surface area (Å²) in [6.45, 7) is 1.62. The Kier molecular flexibility index (Phi) is 20.9. The molecule has 0 bridgehead atoms. The number of esters is 1. The summed E-state index contributed by atoms with van der Waals surface area (Å²) in [5.41, 5.74) is 0. The number of carbonyl (C=O) groups is 1.